The smallest absolute Gasteiger partial charge is 0.251 e. The number of rotatable bonds is 7. The summed E-state index contributed by atoms with van der Waals surface area (Å²) in [4.78, 5) is 16.8. The van der Waals surface area contributed by atoms with E-state index in [1.807, 2.05) is 6.92 Å². The van der Waals surface area contributed by atoms with Gasteiger partial charge in [0.05, 0.1) is 12.0 Å². The van der Waals surface area contributed by atoms with Crippen molar-refractivity contribution >= 4 is 15.7 Å². The Balaban J connectivity index is 1.88. The van der Waals surface area contributed by atoms with Crippen molar-refractivity contribution in [2.45, 2.75) is 17.1 Å². The van der Waals surface area contributed by atoms with Crippen LogP contribution in [0.5, 0.6) is 5.75 Å². The highest BCUT2D eigenvalue weighted by Gasteiger charge is 2.30. The lowest BCUT2D eigenvalue weighted by atomic mass is 10.2. The van der Waals surface area contributed by atoms with E-state index in [1.54, 1.807) is 66.9 Å². The van der Waals surface area contributed by atoms with Crippen LogP contribution in [0.1, 0.15) is 26.7 Å². The minimum absolute atomic E-state index is 0.0854. The molecule has 1 N–H and O–H groups in total. The molecule has 0 radical (unpaired) electrons. The van der Waals surface area contributed by atoms with Gasteiger partial charge in [-0.3, -0.25) is 9.78 Å². The number of benzene rings is 2. The minimum atomic E-state index is -3.74. The molecule has 3 aromatic rings. The Bertz CT molecular complexity index is 1080. The van der Waals surface area contributed by atoms with Crippen molar-refractivity contribution in [1.29, 1.82) is 0 Å². The summed E-state index contributed by atoms with van der Waals surface area (Å²) in [5.74, 6) is 0.172. The summed E-state index contributed by atoms with van der Waals surface area (Å²) >= 11 is 0. The third-order valence-electron chi connectivity index (χ3n) is 4.56. The minimum Gasteiger partial charge on any atom is -0.497 e. The maximum atomic E-state index is 13.3. The van der Waals surface area contributed by atoms with Gasteiger partial charge in [-0.25, -0.2) is 8.42 Å². The molecular formula is C22H22N2O4S. The number of carbonyl (C=O) groups excluding carboxylic acids is 1. The van der Waals surface area contributed by atoms with Crippen LogP contribution in [-0.2, 0) is 9.84 Å². The van der Waals surface area contributed by atoms with E-state index in [0.29, 0.717) is 16.9 Å². The number of sulfone groups is 1. The third-order valence-corrected chi connectivity index (χ3v) is 6.68. The maximum Gasteiger partial charge on any atom is 0.251 e. The lowest BCUT2D eigenvalue weighted by molar-refractivity contribution is 0.0953. The molecule has 3 rings (SSSR count). The van der Waals surface area contributed by atoms with Crippen LogP contribution < -0.4 is 10.1 Å². The van der Waals surface area contributed by atoms with Crippen LogP contribution >= 0.6 is 0 Å². The largest absolute Gasteiger partial charge is 0.497 e. The zero-order valence-corrected chi connectivity index (χ0v) is 17.0. The summed E-state index contributed by atoms with van der Waals surface area (Å²) in [5.41, 5.74) is 1.87. The molecule has 0 saturated heterocycles. The Hall–Kier alpha value is -3.19. The van der Waals surface area contributed by atoms with Gasteiger partial charge in [-0.05, 0) is 48.9 Å². The number of nitrogens with zero attached hydrogens (tertiary/aromatic N) is 1. The summed E-state index contributed by atoms with van der Waals surface area (Å²) in [7, 11) is -2.22. The highest BCUT2D eigenvalue weighted by Crippen LogP contribution is 2.28. The number of carbonyl (C=O) groups is 1. The molecular weight excluding hydrogens is 388 g/mol. The second-order valence-corrected chi connectivity index (χ2v) is 8.71. The maximum absolute atomic E-state index is 13.3. The number of hydrogen-bond donors (Lipinski definition) is 1. The first kappa shape index (κ1) is 20.5. The lowest BCUT2D eigenvalue weighted by Gasteiger charge is -2.19. The van der Waals surface area contributed by atoms with E-state index < -0.39 is 15.1 Å². The van der Waals surface area contributed by atoms with Crippen LogP contribution in [0.15, 0.2) is 78.0 Å². The number of amides is 1. The molecule has 0 saturated carbocycles. The number of hydrogen-bond acceptors (Lipinski definition) is 5. The molecule has 2 aromatic carbocycles. The number of nitrogens with one attached hydrogen (secondary N) is 1. The van der Waals surface area contributed by atoms with Crippen molar-refractivity contribution in [2.75, 3.05) is 13.7 Å². The first-order chi connectivity index (χ1) is 13.9. The summed E-state index contributed by atoms with van der Waals surface area (Å²) in [6, 6.07) is 16.7. The monoisotopic (exact) mass is 410 g/mol. The molecule has 0 aliphatic rings. The molecule has 150 valence electrons. The number of aromatic nitrogens is 1. The predicted molar refractivity (Wildman–Crippen MR) is 111 cm³/mol. The van der Waals surface area contributed by atoms with Crippen LogP contribution in [0.3, 0.4) is 0 Å². The van der Waals surface area contributed by atoms with Crippen molar-refractivity contribution in [2.24, 2.45) is 0 Å². The van der Waals surface area contributed by atoms with Gasteiger partial charge in [0.15, 0.2) is 9.84 Å². The van der Waals surface area contributed by atoms with E-state index >= 15 is 0 Å². The number of methoxy groups -OCH3 is 1. The average Bonchev–Trinajstić information content (AvgIpc) is 2.74. The van der Waals surface area contributed by atoms with E-state index in [1.165, 1.54) is 13.3 Å². The second kappa shape index (κ2) is 8.87. The molecule has 1 amide bonds. The fourth-order valence-corrected chi connectivity index (χ4v) is 4.56. The number of ether oxygens (including phenoxy) is 1. The first-order valence-corrected chi connectivity index (χ1v) is 10.6. The quantitative estimate of drug-likeness (QED) is 0.646. The molecule has 7 heteroatoms. The zero-order chi connectivity index (χ0) is 20.9. The molecule has 0 fully saturated rings. The van der Waals surface area contributed by atoms with Gasteiger partial charge in [0.1, 0.15) is 11.0 Å². The highest BCUT2D eigenvalue weighted by atomic mass is 32.2. The molecule has 29 heavy (non-hydrogen) atoms. The zero-order valence-electron chi connectivity index (χ0n) is 16.2. The van der Waals surface area contributed by atoms with Gasteiger partial charge in [0, 0.05) is 24.5 Å². The van der Waals surface area contributed by atoms with E-state index in [4.69, 9.17) is 4.74 Å². The van der Waals surface area contributed by atoms with Crippen molar-refractivity contribution in [3.05, 3.63) is 89.7 Å². The molecule has 0 unspecified atom stereocenters. The molecule has 6 nitrogen and oxygen atoms in total. The van der Waals surface area contributed by atoms with Crippen LogP contribution in [0, 0.1) is 6.92 Å². The van der Waals surface area contributed by atoms with E-state index in [-0.39, 0.29) is 17.3 Å². The Labute approximate surface area is 170 Å². The van der Waals surface area contributed by atoms with Crippen LogP contribution in [0.25, 0.3) is 0 Å². The lowest BCUT2D eigenvalue weighted by Crippen LogP contribution is -2.32. The molecule has 0 aliphatic heterocycles. The summed E-state index contributed by atoms with van der Waals surface area (Å²) in [6.07, 6.45) is 3.09. The molecule has 1 aromatic heterocycles. The molecule has 1 heterocycles. The Kier molecular flexibility index (Phi) is 6.29. The van der Waals surface area contributed by atoms with E-state index in [2.05, 4.69) is 10.3 Å². The van der Waals surface area contributed by atoms with Gasteiger partial charge < -0.3 is 10.1 Å². The van der Waals surface area contributed by atoms with Crippen molar-refractivity contribution in [3.8, 4) is 5.75 Å². The Morgan fingerprint density at radius 3 is 2.52 bits per heavy atom. The first-order valence-electron chi connectivity index (χ1n) is 9.04. The molecule has 0 aliphatic carbocycles. The Morgan fingerprint density at radius 1 is 1.10 bits per heavy atom. The molecule has 1 atom stereocenters. The topological polar surface area (TPSA) is 85.4 Å². The average molecular weight is 410 g/mol. The molecule has 0 spiro atoms. The van der Waals surface area contributed by atoms with Crippen LogP contribution in [0.2, 0.25) is 0 Å². The van der Waals surface area contributed by atoms with Crippen molar-refractivity contribution < 1.29 is 17.9 Å². The van der Waals surface area contributed by atoms with Gasteiger partial charge in [-0.2, -0.15) is 0 Å². The summed E-state index contributed by atoms with van der Waals surface area (Å²) < 4.78 is 31.7. The SMILES string of the molecule is COc1cccc(C(=O)NC[C@@H](c2cccnc2)S(=O)(=O)c2ccc(C)cc2)c1. The van der Waals surface area contributed by atoms with E-state index in [9.17, 15) is 13.2 Å². The second-order valence-electron chi connectivity index (χ2n) is 6.58. The summed E-state index contributed by atoms with van der Waals surface area (Å²) in [5, 5.41) is 1.77. The Morgan fingerprint density at radius 2 is 1.86 bits per heavy atom. The summed E-state index contributed by atoms with van der Waals surface area (Å²) in [6.45, 7) is 1.81. The fourth-order valence-electron chi connectivity index (χ4n) is 2.92. The van der Waals surface area contributed by atoms with Crippen molar-refractivity contribution in [1.82, 2.24) is 10.3 Å². The van der Waals surface area contributed by atoms with Crippen LogP contribution in [-0.4, -0.2) is 33.0 Å². The van der Waals surface area contributed by atoms with Gasteiger partial charge in [0.2, 0.25) is 0 Å². The number of aryl methyl sites for hydroxylation is 1. The van der Waals surface area contributed by atoms with Gasteiger partial charge >= 0.3 is 0 Å². The van der Waals surface area contributed by atoms with Gasteiger partial charge in [-0.1, -0.05) is 29.8 Å². The van der Waals surface area contributed by atoms with Crippen molar-refractivity contribution in [3.63, 3.8) is 0 Å². The number of pyridine rings is 1. The van der Waals surface area contributed by atoms with Gasteiger partial charge in [-0.15, -0.1) is 0 Å². The predicted octanol–water partition coefficient (Wildman–Crippen LogP) is 3.34. The van der Waals surface area contributed by atoms with E-state index in [0.717, 1.165) is 5.56 Å². The van der Waals surface area contributed by atoms with Crippen LogP contribution in [0.4, 0.5) is 0 Å². The van der Waals surface area contributed by atoms with Gasteiger partial charge in [0.25, 0.3) is 5.91 Å². The highest BCUT2D eigenvalue weighted by molar-refractivity contribution is 7.91. The molecule has 0 bridgehead atoms. The normalized spacial score (nSPS) is 12.2. The standard InChI is InChI=1S/C22H22N2O4S/c1-16-8-10-20(11-9-16)29(26,27)21(18-6-4-12-23-14-18)15-24-22(25)17-5-3-7-19(13-17)28-2/h3-14,21H,15H2,1-2H3,(H,24,25)/t21-/m0/s1. The third kappa shape index (κ3) is 4.81. The fraction of sp³-hybridized carbons (Fsp3) is 0.182.